The maximum absolute atomic E-state index is 13.4. The van der Waals surface area contributed by atoms with Crippen LogP contribution in [0.2, 0.25) is 0 Å². The highest BCUT2D eigenvalue weighted by molar-refractivity contribution is 7.90. The van der Waals surface area contributed by atoms with Gasteiger partial charge in [0.25, 0.3) is 15.9 Å². The molecule has 38 heavy (non-hydrogen) atoms. The first-order valence-electron chi connectivity index (χ1n) is 13.1. The van der Waals surface area contributed by atoms with E-state index in [0.717, 1.165) is 35.6 Å². The number of benzene rings is 2. The summed E-state index contributed by atoms with van der Waals surface area (Å²) in [6.07, 6.45) is 5.32. The largest absolute Gasteiger partial charge is 0.497 e. The van der Waals surface area contributed by atoms with E-state index in [9.17, 15) is 22.8 Å². The Bertz CT molecular complexity index is 1290. The van der Waals surface area contributed by atoms with Gasteiger partial charge < -0.3 is 15.0 Å². The predicted octanol–water partition coefficient (Wildman–Crippen LogP) is 3.49. The Hall–Kier alpha value is -3.40. The van der Waals surface area contributed by atoms with Crippen LogP contribution in [0.4, 0.5) is 0 Å². The predicted molar refractivity (Wildman–Crippen MR) is 142 cm³/mol. The third-order valence-corrected chi connectivity index (χ3v) is 9.11. The van der Waals surface area contributed by atoms with E-state index < -0.39 is 22.0 Å². The molecule has 2 aromatic rings. The molecule has 1 heterocycles. The zero-order valence-corrected chi connectivity index (χ0v) is 22.7. The molecule has 0 aromatic heterocycles. The molecule has 0 radical (unpaired) electrons. The topological polar surface area (TPSA) is 113 Å². The fourth-order valence-electron chi connectivity index (χ4n) is 5.09. The maximum atomic E-state index is 13.4. The van der Waals surface area contributed by atoms with Crippen LogP contribution in [-0.2, 0) is 26.2 Å². The van der Waals surface area contributed by atoms with Crippen molar-refractivity contribution >= 4 is 27.7 Å². The highest BCUT2D eigenvalue weighted by atomic mass is 32.2. The monoisotopic (exact) mass is 541 g/mol. The van der Waals surface area contributed by atoms with E-state index in [4.69, 9.17) is 4.74 Å². The van der Waals surface area contributed by atoms with Crippen molar-refractivity contribution in [2.75, 3.05) is 13.7 Å². The van der Waals surface area contributed by atoms with Crippen molar-refractivity contribution in [2.24, 2.45) is 0 Å². The number of hydrogen-bond donors (Lipinski definition) is 1. The molecule has 2 aromatic carbocycles. The highest BCUT2D eigenvalue weighted by Gasteiger charge is 2.40. The molecule has 2 aliphatic rings. The van der Waals surface area contributed by atoms with E-state index >= 15 is 0 Å². The average molecular weight is 542 g/mol. The molecule has 0 saturated heterocycles. The molecule has 204 valence electrons. The van der Waals surface area contributed by atoms with Crippen molar-refractivity contribution in [3.63, 3.8) is 0 Å². The third kappa shape index (κ3) is 6.01. The van der Waals surface area contributed by atoms with Crippen molar-refractivity contribution in [3.05, 3.63) is 59.7 Å². The summed E-state index contributed by atoms with van der Waals surface area (Å²) in [6, 6.07) is 12.8. The van der Waals surface area contributed by atoms with E-state index in [2.05, 4.69) is 5.32 Å². The summed E-state index contributed by atoms with van der Waals surface area (Å²) >= 11 is 0. The van der Waals surface area contributed by atoms with Crippen LogP contribution in [0.25, 0.3) is 0 Å². The fourth-order valence-corrected chi connectivity index (χ4v) is 6.70. The average Bonchev–Trinajstić information content (AvgIpc) is 3.12. The number of carbonyl (C=O) groups is 3. The normalized spacial score (nSPS) is 17.5. The van der Waals surface area contributed by atoms with Gasteiger partial charge >= 0.3 is 0 Å². The second kappa shape index (κ2) is 12.0. The summed E-state index contributed by atoms with van der Waals surface area (Å²) in [7, 11) is -2.37. The Morgan fingerprint density at radius 3 is 2.55 bits per heavy atom. The number of amides is 3. The number of sulfonamides is 1. The number of methoxy groups -OCH3 is 1. The van der Waals surface area contributed by atoms with Crippen LogP contribution in [0.15, 0.2) is 53.4 Å². The minimum absolute atomic E-state index is 0.0102. The van der Waals surface area contributed by atoms with E-state index in [1.807, 2.05) is 18.2 Å². The molecule has 0 spiro atoms. The maximum Gasteiger partial charge on any atom is 0.269 e. The minimum atomic E-state index is -3.94. The number of carbonyl (C=O) groups excluding carboxylic acids is 3. The molecule has 4 rings (SSSR count). The molecule has 0 unspecified atom stereocenters. The Morgan fingerprint density at radius 2 is 1.84 bits per heavy atom. The second-order valence-corrected chi connectivity index (χ2v) is 11.7. The van der Waals surface area contributed by atoms with Gasteiger partial charge in [-0.25, -0.2) is 12.7 Å². The number of nitrogens with zero attached hydrogens (tertiary/aromatic N) is 2. The quantitative estimate of drug-likeness (QED) is 0.493. The van der Waals surface area contributed by atoms with Crippen molar-refractivity contribution in [1.29, 1.82) is 0 Å². The van der Waals surface area contributed by atoms with Crippen LogP contribution in [-0.4, -0.2) is 61.1 Å². The van der Waals surface area contributed by atoms with Crippen molar-refractivity contribution in [2.45, 2.75) is 75.4 Å². The summed E-state index contributed by atoms with van der Waals surface area (Å²) in [4.78, 5) is 40.8. The Balaban J connectivity index is 1.45. The van der Waals surface area contributed by atoms with Gasteiger partial charge in [-0.2, -0.15) is 0 Å². The Morgan fingerprint density at radius 1 is 1.11 bits per heavy atom. The molecule has 9 nitrogen and oxygen atoms in total. The molecule has 1 aliphatic heterocycles. The summed E-state index contributed by atoms with van der Waals surface area (Å²) in [6.45, 7) is 1.79. The number of fused-ring (bicyclic) bond motifs is 1. The standard InChI is InChI=1S/C28H35N3O6S/c1-20(27(33)29-22-11-4-3-5-12-22)30(19-21-10-8-13-23(18-21)37-2)26(32)16-9-17-31-28(34)24-14-6-7-15-25(24)38(31,35)36/h6-8,10,13-15,18,20,22H,3-5,9,11-12,16-17,19H2,1-2H3,(H,29,33)/t20-/m1/s1. The number of rotatable bonds is 10. The lowest BCUT2D eigenvalue weighted by Gasteiger charge is -2.31. The van der Waals surface area contributed by atoms with E-state index in [1.54, 1.807) is 32.2 Å². The van der Waals surface area contributed by atoms with Crippen molar-refractivity contribution < 1.29 is 27.5 Å². The molecule has 1 saturated carbocycles. The molecular formula is C28H35N3O6S. The molecule has 1 fully saturated rings. The summed E-state index contributed by atoms with van der Waals surface area (Å²) in [5.41, 5.74) is 0.953. The zero-order valence-electron chi connectivity index (χ0n) is 21.9. The number of ether oxygens (including phenoxy) is 1. The number of hydrogen-bond acceptors (Lipinski definition) is 6. The van der Waals surface area contributed by atoms with Crippen LogP contribution in [0.5, 0.6) is 5.75 Å². The van der Waals surface area contributed by atoms with Gasteiger partial charge in [-0.15, -0.1) is 0 Å². The highest BCUT2D eigenvalue weighted by Crippen LogP contribution is 2.30. The minimum Gasteiger partial charge on any atom is -0.497 e. The molecule has 1 aliphatic carbocycles. The summed E-state index contributed by atoms with van der Waals surface area (Å²) in [5.74, 6) is -0.436. The molecule has 0 bridgehead atoms. The fraction of sp³-hybridized carbons (Fsp3) is 0.464. The van der Waals surface area contributed by atoms with Gasteiger partial charge in [0.1, 0.15) is 16.7 Å². The lowest BCUT2D eigenvalue weighted by atomic mass is 9.95. The molecular weight excluding hydrogens is 506 g/mol. The second-order valence-electron chi connectivity index (χ2n) is 9.87. The van der Waals surface area contributed by atoms with Gasteiger partial charge in [-0.05, 0) is 56.0 Å². The van der Waals surface area contributed by atoms with Gasteiger partial charge in [0, 0.05) is 25.6 Å². The Labute approximate surface area is 224 Å². The summed E-state index contributed by atoms with van der Waals surface area (Å²) in [5, 5.41) is 3.10. The lowest BCUT2D eigenvalue weighted by Crippen LogP contribution is -2.50. The summed E-state index contributed by atoms with van der Waals surface area (Å²) < 4.78 is 31.8. The first-order valence-corrected chi connectivity index (χ1v) is 14.5. The van der Waals surface area contributed by atoms with E-state index in [1.165, 1.54) is 23.5 Å². The molecule has 10 heteroatoms. The van der Waals surface area contributed by atoms with Crippen LogP contribution >= 0.6 is 0 Å². The van der Waals surface area contributed by atoms with Crippen molar-refractivity contribution in [3.8, 4) is 5.75 Å². The molecule has 3 amide bonds. The third-order valence-electron chi connectivity index (χ3n) is 7.27. The van der Waals surface area contributed by atoms with Gasteiger partial charge in [-0.1, -0.05) is 43.5 Å². The SMILES string of the molecule is COc1cccc(CN(C(=O)CCCN2C(=O)c3ccccc3S2(=O)=O)[C@H](C)C(=O)NC2CCCCC2)c1. The van der Waals surface area contributed by atoms with Crippen LogP contribution in [0.1, 0.15) is 67.8 Å². The zero-order chi connectivity index (χ0) is 27.3. The van der Waals surface area contributed by atoms with E-state index in [-0.39, 0.29) is 54.2 Å². The van der Waals surface area contributed by atoms with Gasteiger partial charge in [0.05, 0.1) is 12.7 Å². The van der Waals surface area contributed by atoms with Gasteiger partial charge in [0.2, 0.25) is 11.8 Å². The van der Waals surface area contributed by atoms with Crippen LogP contribution in [0.3, 0.4) is 0 Å². The Kier molecular flexibility index (Phi) is 8.71. The molecule has 1 N–H and O–H groups in total. The van der Waals surface area contributed by atoms with Crippen LogP contribution in [0, 0.1) is 0 Å². The van der Waals surface area contributed by atoms with Gasteiger partial charge in [0.15, 0.2) is 0 Å². The van der Waals surface area contributed by atoms with Crippen LogP contribution < -0.4 is 10.1 Å². The number of nitrogens with one attached hydrogen (secondary N) is 1. The molecule has 1 atom stereocenters. The van der Waals surface area contributed by atoms with E-state index in [0.29, 0.717) is 5.75 Å². The van der Waals surface area contributed by atoms with Gasteiger partial charge in [-0.3, -0.25) is 14.4 Å². The van der Waals surface area contributed by atoms with Crippen molar-refractivity contribution in [1.82, 2.24) is 14.5 Å². The first-order chi connectivity index (χ1) is 18.2. The lowest BCUT2D eigenvalue weighted by molar-refractivity contribution is -0.141. The smallest absolute Gasteiger partial charge is 0.269 e. The first kappa shape index (κ1) is 27.6.